The number of cyclic esters (lactones) is 1. The van der Waals surface area contributed by atoms with Crippen LogP contribution in [0.4, 0.5) is 0 Å². The van der Waals surface area contributed by atoms with E-state index in [0.29, 0.717) is 11.3 Å². The van der Waals surface area contributed by atoms with E-state index in [1.54, 1.807) is 0 Å². The number of methoxy groups -OCH3 is 1. The lowest BCUT2D eigenvalue weighted by atomic mass is 10.0. The smallest absolute Gasteiger partial charge is 0.335 e. The molecule has 3 atom stereocenters. The van der Waals surface area contributed by atoms with Gasteiger partial charge >= 0.3 is 11.9 Å². The minimum atomic E-state index is -0.799. The largest absolute Gasteiger partial charge is 0.497 e. The first-order valence-electron chi connectivity index (χ1n) is 7.74. The average Bonchev–Trinajstić information content (AvgIpc) is 3.22. The second-order valence-electron chi connectivity index (χ2n) is 5.64. The first-order chi connectivity index (χ1) is 11.6. The summed E-state index contributed by atoms with van der Waals surface area (Å²) < 4.78 is 17.1. The monoisotopic (exact) mass is 395 g/mol. The fraction of sp³-hybridized carbons (Fsp3) is 0.412. The first kappa shape index (κ1) is 17.0. The van der Waals surface area contributed by atoms with E-state index in [-0.39, 0.29) is 12.0 Å². The van der Waals surface area contributed by atoms with Gasteiger partial charge in [0.05, 0.1) is 13.2 Å². The van der Waals surface area contributed by atoms with Gasteiger partial charge in [0.2, 0.25) is 0 Å². The summed E-state index contributed by atoms with van der Waals surface area (Å²) in [7, 11) is 1.46. The van der Waals surface area contributed by atoms with E-state index < -0.39 is 18.2 Å². The fourth-order valence-electron chi connectivity index (χ4n) is 2.89. The van der Waals surface area contributed by atoms with Crippen LogP contribution in [0.5, 0.6) is 0 Å². The van der Waals surface area contributed by atoms with Crippen molar-refractivity contribution in [1.82, 2.24) is 5.32 Å². The van der Waals surface area contributed by atoms with E-state index >= 15 is 0 Å². The lowest BCUT2D eigenvalue weighted by molar-refractivity contribution is -0.164. The third kappa shape index (κ3) is 3.47. The van der Waals surface area contributed by atoms with E-state index in [9.17, 15) is 9.59 Å². The van der Waals surface area contributed by atoms with Crippen molar-refractivity contribution in [1.29, 1.82) is 0 Å². The Morgan fingerprint density at radius 1 is 1.42 bits per heavy atom. The predicted molar refractivity (Wildman–Crippen MR) is 89.0 cm³/mol. The van der Waals surface area contributed by atoms with Crippen LogP contribution < -0.4 is 5.32 Å². The number of esters is 2. The van der Waals surface area contributed by atoms with Crippen LogP contribution in [-0.2, 0) is 23.8 Å². The molecule has 0 bridgehead atoms. The number of hydrogen-bond acceptors (Lipinski definition) is 6. The topological polar surface area (TPSA) is 73.9 Å². The Balaban J connectivity index is 1.89. The fourth-order valence-corrected chi connectivity index (χ4v) is 3.40. The zero-order valence-electron chi connectivity index (χ0n) is 13.2. The quantitative estimate of drug-likeness (QED) is 0.770. The van der Waals surface area contributed by atoms with Gasteiger partial charge in [0.1, 0.15) is 11.8 Å². The van der Waals surface area contributed by atoms with Gasteiger partial charge in [-0.05, 0) is 25.5 Å². The molecule has 2 unspecified atom stereocenters. The molecule has 2 aliphatic heterocycles. The van der Waals surface area contributed by atoms with Crippen molar-refractivity contribution in [3.05, 3.63) is 46.1 Å². The molecule has 24 heavy (non-hydrogen) atoms. The van der Waals surface area contributed by atoms with Crippen LogP contribution in [0.15, 0.2) is 40.6 Å². The molecule has 1 N–H and O–H groups in total. The van der Waals surface area contributed by atoms with Gasteiger partial charge in [-0.2, -0.15) is 0 Å². The number of benzene rings is 1. The zero-order valence-corrected chi connectivity index (χ0v) is 14.7. The standard InChI is InChI=1S/C17H18BrNO5/c1-22-13-9-14(20)23-16(13)15(10-5-2-3-6-11(10)18)24-17(21)12-7-4-8-19-12/h2-3,5-6,9,12,15-16,19H,4,7-8H2,1H3/t12-,15?,16?/m0/s1. The summed E-state index contributed by atoms with van der Waals surface area (Å²) in [4.78, 5) is 24.1. The van der Waals surface area contributed by atoms with Crippen molar-refractivity contribution < 1.29 is 23.8 Å². The molecule has 2 heterocycles. The number of nitrogens with one attached hydrogen (secondary N) is 1. The van der Waals surface area contributed by atoms with Crippen molar-refractivity contribution >= 4 is 27.9 Å². The van der Waals surface area contributed by atoms with Crippen molar-refractivity contribution in [3.63, 3.8) is 0 Å². The Kier molecular flexibility index (Phi) is 5.20. The highest BCUT2D eigenvalue weighted by Gasteiger charge is 2.40. The summed E-state index contributed by atoms with van der Waals surface area (Å²) in [5.41, 5.74) is 0.714. The SMILES string of the molecule is COC1=CC(=O)OC1C(OC(=O)[C@@H]1CCCN1)c1ccccc1Br. The predicted octanol–water partition coefficient (Wildman–Crippen LogP) is 2.24. The van der Waals surface area contributed by atoms with Crippen LogP contribution in [0.25, 0.3) is 0 Å². The average molecular weight is 396 g/mol. The highest BCUT2D eigenvalue weighted by molar-refractivity contribution is 9.10. The zero-order chi connectivity index (χ0) is 17.1. The molecule has 6 nitrogen and oxygen atoms in total. The summed E-state index contributed by atoms with van der Waals surface area (Å²) in [6.07, 6.45) is 1.36. The maximum Gasteiger partial charge on any atom is 0.335 e. The number of rotatable bonds is 5. The molecule has 0 spiro atoms. The number of ether oxygens (including phenoxy) is 3. The van der Waals surface area contributed by atoms with Gasteiger partial charge in [-0.1, -0.05) is 34.1 Å². The second kappa shape index (κ2) is 7.36. The van der Waals surface area contributed by atoms with E-state index in [4.69, 9.17) is 14.2 Å². The molecule has 0 aliphatic carbocycles. The Morgan fingerprint density at radius 2 is 2.21 bits per heavy atom. The van der Waals surface area contributed by atoms with Crippen molar-refractivity contribution in [3.8, 4) is 0 Å². The maximum atomic E-state index is 12.5. The Morgan fingerprint density at radius 3 is 2.88 bits per heavy atom. The molecule has 0 saturated carbocycles. The van der Waals surface area contributed by atoms with E-state index in [2.05, 4.69) is 21.2 Å². The molecule has 1 saturated heterocycles. The normalized spacial score (nSPS) is 24.2. The van der Waals surface area contributed by atoms with Gasteiger partial charge in [0.15, 0.2) is 12.2 Å². The molecule has 128 valence electrons. The molecule has 7 heteroatoms. The molecule has 3 rings (SSSR count). The van der Waals surface area contributed by atoms with Gasteiger partial charge in [0.25, 0.3) is 0 Å². The van der Waals surface area contributed by atoms with Crippen LogP contribution >= 0.6 is 15.9 Å². The van der Waals surface area contributed by atoms with Gasteiger partial charge in [0, 0.05) is 10.0 Å². The van der Waals surface area contributed by atoms with E-state index in [1.807, 2.05) is 24.3 Å². The van der Waals surface area contributed by atoms with Crippen molar-refractivity contribution in [2.45, 2.75) is 31.1 Å². The summed E-state index contributed by atoms with van der Waals surface area (Å²) in [6, 6.07) is 7.03. The minimum Gasteiger partial charge on any atom is -0.497 e. The molecule has 1 aromatic carbocycles. The van der Waals surface area contributed by atoms with Crippen LogP contribution in [-0.4, -0.2) is 37.7 Å². The lowest BCUT2D eigenvalue weighted by Crippen LogP contribution is -2.36. The highest BCUT2D eigenvalue weighted by Crippen LogP contribution is 2.36. The van der Waals surface area contributed by atoms with E-state index in [1.165, 1.54) is 13.2 Å². The molecule has 0 amide bonds. The van der Waals surface area contributed by atoms with Gasteiger partial charge in [-0.25, -0.2) is 4.79 Å². The lowest BCUT2D eigenvalue weighted by Gasteiger charge is -2.26. The third-order valence-corrected chi connectivity index (χ3v) is 4.82. The summed E-state index contributed by atoms with van der Waals surface area (Å²) in [5, 5.41) is 3.11. The molecular weight excluding hydrogens is 378 g/mol. The summed E-state index contributed by atoms with van der Waals surface area (Å²) in [5.74, 6) is -0.525. The number of halogens is 1. The second-order valence-corrected chi connectivity index (χ2v) is 6.49. The third-order valence-electron chi connectivity index (χ3n) is 4.09. The summed E-state index contributed by atoms with van der Waals surface area (Å²) in [6.45, 7) is 0.793. The van der Waals surface area contributed by atoms with Gasteiger partial charge in [-0.15, -0.1) is 0 Å². The molecule has 0 aromatic heterocycles. The molecule has 1 fully saturated rings. The van der Waals surface area contributed by atoms with Crippen molar-refractivity contribution in [2.24, 2.45) is 0 Å². The van der Waals surface area contributed by atoms with Gasteiger partial charge < -0.3 is 19.5 Å². The number of carbonyl (C=O) groups excluding carboxylic acids is 2. The maximum absolute atomic E-state index is 12.5. The van der Waals surface area contributed by atoms with Gasteiger partial charge in [-0.3, -0.25) is 4.79 Å². The molecule has 2 aliphatic rings. The number of carbonyl (C=O) groups is 2. The Labute approximate surface area is 148 Å². The van der Waals surface area contributed by atoms with E-state index in [0.717, 1.165) is 23.9 Å². The van der Waals surface area contributed by atoms with Crippen LogP contribution in [0.2, 0.25) is 0 Å². The molecular formula is C17H18BrNO5. The highest BCUT2D eigenvalue weighted by atomic mass is 79.9. The minimum absolute atomic E-state index is 0.331. The Hall–Kier alpha value is -1.86. The molecule has 1 aromatic rings. The van der Waals surface area contributed by atoms with Crippen molar-refractivity contribution in [2.75, 3.05) is 13.7 Å². The first-order valence-corrected chi connectivity index (χ1v) is 8.54. The molecule has 0 radical (unpaired) electrons. The van der Waals surface area contributed by atoms with Crippen LogP contribution in [0.1, 0.15) is 24.5 Å². The number of hydrogen-bond donors (Lipinski definition) is 1. The van der Waals surface area contributed by atoms with Crippen LogP contribution in [0.3, 0.4) is 0 Å². The Bertz CT molecular complexity index is 669. The van der Waals surface area contributed by atoms with Crippen LogP contribution in [0, 0.1) is 0 Å². The summed E-state index contributed by atoms with van der Waals surface area (Å²) >= 11 is 3.47.